The van der Waals surface area contributed by atoms with Gasteiger partial charge in [-0.25, -0.2) is 0 Å². The predicted octanol–water partition coefficient (Wildman–Crippen LogP) is 3.29. The quantitative estimate of drug-likeness (QED) is 0.849. The summed E-state index contributed by atoms with van der Waals surface area (Å²) in [5.74, 6) is 0. The molecule has 0 aromatic heterocycles. The van der Waals surface area contributed by atoms with Crippen molar-refractivity contribution in [2.24, 2.45) is 0 Å². The van der Waals surface area contributed by atoms with Crippen molar-refractivity contribution in [3.63, 3.8) is 0 Å². The Hall–Kier alpha value is -1.04. The molecule has 0 heterocycles. The van der Waals surface area contributed by atoms with E-state index in [0.29, 0.717) is 0 Å². The molecule has 1 aromatic rings. The number of benzene rings is 1. The summed E-state index contributed by atoms with van der Waals surface area (Å²) >= 11 is 5.90. The summed E-state index contributed by atoms with van der Waals surface area (Å²) in [4.78, 5) is 0. The van der Waals surface area contributed by atoms with E-state index in [0.717, 1.165) is 17.0 Å². The van der Waals surface area contributed by atoms with Gasteiger partial charge in [0.05, 0.1) is 12.1 Å². The van der Waals surface area contributed by atoms with Gasteiger partial charge in [-0.1, -0.05) is 30.7 Å². The lowest BCUT2D eigenvalue weighted by Gasteiger charge is -2.17. The number of nitrogens with one attached hydrogen (secondary N) is 1. The minimum atomic E-state index is -0.0982. The van der Waals surface area contributed by atoms with E-state index in [-0.39, 0.29) is 12.1 Å². The summed E-state index contributed by atoms with van der Waals surface area (Å²) in [7, 11) is 0. The SMILES string of the molecule is CCC(C#N)N[C@@H](C)c1cccc(Cl)c1. The lowest BCUT2D eigenvalue weighted by Crippen LogP contribution is -2.29. The third-order valence-electron chi connectivity index (χ3n) is 2.36. The second-order valence-electron chi connectivity index (χ2n) is 3.53. The largest absolute Gasteiger partial charge is 0.295 e. The summed E-state index contributed by atoms with van der Waals surface area (Å²) in [6, 6.07) is 9.97. The molecule has 15 heavy (non-hydrogen) atoms. The van der Waals surface area contributed by atoms with E-state index in [9.17, 15) is 0 Å². The van der Waals surface area contributed by atoms with Gasteiger partial charge in [0.25, 0.3) is 0 Å². The van der Waals surface area contributed by atoms with Crippen LogP contribution in [-0.4, -0.2) is 6.04 Å². The lowest BCUT2D eigenvalue weighted by molar-refractivity contribution is 0.508. The highest BCUT2D eigenvalue weighted by Gasteiger charge is 2.10. The molecule has 0 aliphatic rings. The molecular weight excluding hydrogens is 208 g/mol. The van der Waals surface area contributed by atoms with Crippen molar-refractivity contribution in [1.82, 2.24) is 5.32 Å². The van der Waals surface area contributed by atoms with Gasteiger partial charge in [-0.15, -0.1) is 0 Å². The molecule has 1 unspecified atom stereocenters. The van der Waals surface area contributed by atoms with Gasteiger partial charge in [0.15, 0.2) is 0 Å². The molecule has 1 rings (SSSR count). The van der Waals surface area contributed by atoms with Crippen LogP contribution in [0.25, 0.3) is 0 Å². The molecule has 0 aliphatic carbocycles. The Morgan fingerprint density at radius 1 is 1.53 bits per heavy atom. The van der Waals surface area contributed by atoms with Crippen LogP contribution < -0.4 is 5.32 Å². The first-order valence-corrected chi connectivity index (χ1v) is 5.46. The molecule has 1 N–H and O–H groups in total. The van der Waals surface area contributed by atoms with E-state index >= 15 is 0 Å². The van der Waals surface area contributed by atoms with Crippen LogP contribution in [0.15, 0.2) is 24.3 Å². The number of nitrogens with zero attached hydrogens (tertiary/aromatic N) is 1. The third-order valence-corrected chi connectivity index (χ3v) is 2.60. The van der Waals surface area contributed by atoms with Crippen molar-refractivity contribution in [2.75, 3.05) is 0 Å². The molecule has 0 bridgehead atoms. The first-order valence-electron chi connectivity index (χ1n) is 5.08. The Morgan fingerprint density at radius 2 is 2.27 bits per heavy atom. The van der Waals surface area contributed by atoms with E-state index in [4.69, 9.17) is 16.9 Å². The maximum Gasteiger partial charge on any atom is 0.0954 e. The molecule has 0 saturated carbocycles. The van der Waals surface area contributed by atoms with Crippen LogP contribution in [0, 0.1) is 11.3 Å². The van der Waals surface area contributed by atoms with Gasteiger partial charge < -0.3 is 0 Å². The van der Waals surface area contributed by atoms with Gasteiger partial charge >= 0.3 is 0 Å². The van der Waals surface area contributed by atoms with Crippen LogP contribution in [0.4, 0.5) is 0 Å². The average molecular weight is 223 g/mol. The van der Waals surface area contributed by atoms with Crippen molar-refractivity contribution in [3.8, 4) is 6.07 Å². The van der Waals surface area contributed by atoms with E-state index in [1.165, 1.54) is 0 Å². The van der Waals surface area contributed by atoms with Gasteiger partial charge in [-0.05, 0) is 31.0 Å². The van der Waals surface area contributed by atoms with Crippen LogP contribution in [0.2, 0.25) is 5.02 Å². The molecular formula is C12H15ClN2. The van der Waals surface area contributed by atoms with Crippen molar-refractivity contribution in [2.45, 2.75) is 32.4 Å². The zero-order valence-electron chi connectivity index (χ0n) is 9.00. The van der Waals surface area contributed by atoms with Crippen molar-refractivity contribution in [3.05, 3.63) is 34.9 Å². The molecule has 2 nitrogen and oxygen atoms in total. The molecule has 0 radical (unpaired) electrons. The summed E-state index contributed by atoms with van der Waals surface area (Å²) in [5.41, 5.74) is 1.11. The zero-order valence-corrected chi connectivity index (χ0v) is 9.75. The molecule has 3 heteroatoms. The monoisotopic (exact) mass is 222 g/mol. The van der Waals surface area contributed by atoms with E-state index in [2.05, 4.69) is 11.4 Å². The van der Waals surface area contributed by atoms with E-state index in [1.807, 2.05) is 38.1 Å². The van der Waals surface area contributed by atoms with Gasteiger partial charge in [0.2, 0.25) is 0 Å². The van der Waals surface area contributed by atoms with Crippen molar-refractivity contribution in [1.29, 1.82) is 5.26 Å². The molecule has 2 atom stereocenters. The Balaban J connectivity index is 2.69. The Bertz CT molecular complexity index is 357. The average Bonchev–Trinajstić information content (AvgIpc) is 2.25. The van der Waals surface area contributed by atoms with Crippen LogP contribution in [0.5, 0.6) is 0 Å². The minimum Gasteiger partial charge on any atom is -0.295 e. The van der Waals surface area contributed by atoms with Gasteiger partial charge in [0, 0.05) is 11.1 Å². The molecule has 80 valence electrons. The molecule has 0 aliphatic heterocycles. The molecule has 0 amide bonds. The summed E-state index contributed by atoms with van der Waals surface area (Å²) in [6.07, 6.45) is 0.807. The summed E-state index contributed by atoms with van der Waals surface area (Å²) in [6.45, 7) is 4.03. The van der Waals surface area contributed by atoms with Gasteiger partial charge in [-0.3, -0.25) is 5.32 Å². The van der Waals surface area contributed by atoms with Gasteiger partial charge in [-0.2, -0.15) is 5.26 Å². The normalized spacial score (nSPS) is 14.3. The first-order chi connectivity index (χ1) is 7.17. The van der Waals surface area contributed by atoms with Crippen LogP contribution in [0.1, 0.15) is 31.9 Å². The van der Waals surface area contributed by atoms with Crippen LogP contribution >= 0.6 is 11.6 Å². The van der Waals surface area contributed by atoms with Crippen LogP contribution in [0.3, 0.4) is 0 Å². The highest BCUT2D eigenvalue weighted by atomic mass is 35.5. The van der Waals surface area contributed by atoms with Crippen molar-refractivity contribution < 1.29 is 0 Å². The molecule has 1 aromatic carbocycles. The first kappa shape index (κ1) is 12.0. The fourth-order valence-corrected chi connectivity index (χ4v) is 1.62. The number of halogens is 1. The Kier molecular flexibility index (Phi) is 4.61. The maximum atomic E-state index is 8.84. The molecule has 0 fully saturated rings. The smallest absolute Gasteiger partial charge is 0.0954 e. The number of nitriles is 1. The van der Waals surface area contributed by atoms with Crippen molar-refractivity contribution >= 4 is 11.6 Å². The number of hydrogen-bond donors (Lipinski definition) is 1. The summed E-state index contributed by atoms with van der Waals surface area (Å²) in [5, 5.41) is 12.8. The standard InChI is InChI=1S/C12H15ClN2/c1-3-12(8-14)15-9(2)10-5-4-6-11(13)7-10/h4-7,9,12,15H,3H2,1-2H3/t9-,12?/m0/s1. The maximum absolute atomic E-state index is 8.84. The topological polar surface area (TPSA) is 35.8 Å². The van der Waals surface area contributed by atoms with Gasteiger partial charge in [0.1, 0.15) is 0 Å². The second-order valence-corrected chi connectivity index (χ2v) is 3.97. The van der Waals surface area contributed by atoms with E-state index < -0.39 is 0 Å². The van der Waals surface area contributed by atoms with E-state index in [1.54, 1.807) is 0 Å². The summed E-state index contributed by atoms with van der Waals surface area (Å²) < 4.78 is 0. The molecule has 0 saturated heterocycles. The fraction of sp³-hybridized carbons (Fsp3) is 0.417. The van der Waals surface area contributed by atoms with Crippen LogP contribution in [-0.2, 0) is 0 Å². The number of hydrogen-bond acceptors (Lipinski definition) is 2. The highest BCUT2D eigenvalue weighted by Crippen LogP contribution is 2.17. The Labute approximate surface area is 95.9 Å². The Morgan fingerprint density at radius 3 is 2.80 bits per heavy atom. The third kappa shape index (κ3) is 3.54. The number of rotatable bonds is 4. The predicted molar refractivity (Wildman–Crippen MR) is 62.7 cm³/mol. The fourth-order valence-electron chi connectivity index (χ4n) is 1.42. The molecule has 0 spiro atoms. The minimum absolute atomic E-state index is 0.0982. The lowest BCUT2D eigenvalue weighted by atomic mass is 10.1. The zero-order chi connectivity index (χ0) is 11.3. The highest BCUT2D eigenvalue weighted by molar-refractivity contribution is 6.30. The second kappa shape index (κ2) is 5.75.